The minimum absolute atomic E-state index is 0.353. The van der Waals surface area contributed by atoms with Crippen LogP contribution >= 0.6 is 0 Å². The molecule has 0 amide bonds. The number of hydrogen-bond donors (Lipinski definition) is 0. The summed E-state index contributed by atoms with van der Waals surface area (Å²) in [4.78, 5) is 0. The van der Waals surface area contributed by atoms with Crippen LogP contribution in [-0.4, -0.2) is 0 Å². The third-order valence-electron chi connectivity index (χ3n) is 7.21. The van der Waals surface area contributed by atoms with E-state index >= 15 is 0 Å². The molecule has 0 saturated heterocycles. The Morgan fingerprint density at radius 1 is 0.667 bits per heavy atom. The molecular weight excluding hydrogens is 360 g/mol. The fraction of sp³-hybridized carbons (Fsp3) is 0.200. The van der Waals surface area contributed by atoms with Crippen molar-refractivity contribution in [1.82, 2.24) is 0 Å². The van der Waals surface area contributed by atoms with E-state index in [0.29, 0.717) is 5.92 Å². The van der Waals surface area contributed by atoms with Gasteiger partial charge in [-0.3, -0.25) is 0 Å². The van der Waals surface area contributed by atoms with Crippen molar-refractivity contribution in [2.75, 3.05) is 0 Å². The molecule has 2 aliphatic rings. The molecule has 0 spiro atoms. The Morgan fingerprint density at radius 3 is 2.37 bits per heavy atom. The van der Waals surface area contributed by atoms with Crippen molar-refractivity contribution in [3.8, 4) is 0 Å². The maximum atomic E-state index is 2.39. The molecule has 0 N–H and O–H groups in total. The van der Waals surface area contributed by atoms with E-state index in [9.17, 15) is 0 Å². The predicted molar refractivity (Wildman–Crippen MR) is 129 cm³/mol. The number of rotatable bonds is 2. The van der Waals surface area contributed by atoms with Gasteiger partial charge in [0.2, 0.25) is 0 Å². The van der Waals surface area contributed by atoms with E-state index < -0.39 is 0 Å². The van der Waals surface area contributed by atoms with Crippen LogP contribution in [0.5, 0.6) is 0 Å². The molecule has 2 aliphatic carbocycles. The predicted octanol–water partition coefficient (Wildman–Crippen LogP) is 8.19. The van der Waals surface area contributed by atoms with Gasteiger partial charge in [-0.1, -0.05) is 97.4 Å². The minimum Gasteiger partial charge on any atom is -0.0836 e. The lowest BCUT2D eigenvalue weighted by molar-refractivity contribution is 0.831. The smallest absolute Gasteiger partial charge is 0.00733 e. The van der Waals surface area contributed by atoms with Crippen LogP contribution in [0.4, 0.5) is 0 Å². The first kappa shape index (κ1) is 17.7. The van der Waals surface area contributed by atoms with E-state index in [1.165, 1.54) is 69.5 Å². The van der Waals surface area contributed by atoms with Crippen molar-refractivity contribution in [2.24, 2.45) is 0 Å². The maximum Gasteiger partial charge on any atom is 0.00733 e. The van der Waals surface area contributed by atoms with E-state index in [-0.39, 0.29) is 0 Å². The van der Waals surface area contributed by atoms with E-state index in [4.69, 9.17) is 0 Å². The number of allylic oxidation sites excluding steroid dienone is 4. The van der Waals surface area contributed by atoms with E-state index in [0.717, 1.165) is 0 Å². The standard InChI is InChI=1S/C30H26/c1-20(23-13-6-10-21-8-2-4-11-25(21)23)24-14-7-15-27-28(24)18-19-29-26-12-5-3-9-22(26)16-17-30(27)29/h2,4-8,10-15,18-20H,3,9,16-17H2,1H3. The van der Waals surface area contributed by atoms with Gasteiger partial charge >= 0.3 is 0 Å². The van der Waals surface area contributed by atoms with Crippen LogP contribution in [0.3, 0.4) is 0 Å². The maximum absolute atomic E-state index is 2.39. The van der Waals surface area contributed by atoms with Crippen LogP contribution in [0.2, 0.25) is 0 Å². The zero-order chi connectivity index (χ0) is 20.1. The highest BCUT2D eigenvalue weighted by molar-refractivity contribution is 5.96. The molecule has 4 aromatic rings. The first-order chi connectivity index (χ1) is 14.8. The Bertz CT molecular complexity index is 1340. The summed E-state index contributed by atoms with van der Waals surface area (Å²) in [5.41, 5.74) is 9.02. The molecule has 0 saturated carbocycles. The second kappa shape index (κ2) is 6.99. The first-order valence-corrected chi connectivity index (χ1v) is 11.2. The summed E-state index contributed by atoms with van der Waals surface area (Å²) in [6.07, 6.45) is 9.54. The van der Waals surface area contributed by atoms with Gasteiger partial charge in [0.1, 0.15) is 0 Å². The minimum atomic E-state index is 0.353. The summed E-state index contributed by atoms with van der Waals surface area (Å²) in [6, 6.07) is 27.2. The second-order valence-corrected chi connectivity index (χ2v) is 8.78. The van der Waals surface area contributed by atoms with Crippen LogP contribution in [0.25, 0.3) is 27.1 Å². The van der Waals surface area contributed by atoms with Crippen molar-refractivity contribution in [2.45, 2.75) is 38.5 Å². The molecule has 0 aromatic heterocycles. The highest BCUT2D eigenvalue weighted by atomic mass is 14.3. The molecule has 0 heteroatoms. The number of fused-ring (bicyclic) bond motifs is 5. The quantitative estimate of drug-likeness (QED) is 0.326. The van der Waals surface area contributed by atoms with Crippen LogP contribution in [-0.2, 0) is 6.42 Å². The van der Waals surface area contributed by atoms with Crippen molar-refractivity contribution < 1.29 is 0 Å². The number of hydrogen-bond acceptors (Lipinski definition) is 0. The molecule has 0 fully saturated rings. The van der Waals surface area contributed by atoms with Gasteiger partial charge in [-0.15, -0.1) is 0 Å². The Morgan fingerprint density at radius 2 is 1.43 bits per heavy atom. The molecule has 0 radical (unpaired) electrons. The molecule has 6 rings (SSSR count). The van der Waals surface area contributed by atoms with E-state index in [1.807, 2.05) is 0 Å². The summed E-state index contributed by atoms with van der Waals surface area (Å²) in [6.45, 7) is 2.36. The lowest BCUT2D eigenvalue weighted by atomic mass is 9.78. The Balaban J connectivity index is 1.53. The average molecular weight is 387 g/mol. The lowest BCUT2D eigenvalue weighted by Gasteiger charge is -2.26. The first-order valence-electron chi connectivity index (χ1n) is 11.2. The summed E-state index contributed by atoms with van der Waals surface area (Å²) in [5.74, 6) is 0.353. The Kier molecular flexibility index (Phi) is 4.13. The zero-order valence-electron chi connectivity index (χ0n) is 17.5. The van der Waals surface area contributed by atoms with Gasteiger partial charge in [0.15, 0.2) is 0 Å². The van der Waals surface area contributed by atoms with Crippen molar-refractivity contribution in [3.63, 3.8) is 0 Å². The molecule has 1 unspecified atom stereocenters. The topological polar surface area (TPSA) is 0 Å². The van der Waals surface area contributed by atoms with Crippen LogP contribution in [0.15, 0.2) is 90.5 Å². The SMILES string of the molecule is CC(c1cccc2ccccc12)c1cccc2c3c(ccc12)C1=C(CCC=C1)CC3. The molecule has 0 heterocycles. The molecule has 1 atom stereocenters. The molecule has 30 heavy (non-hydrogen) atoms. The summed E-state index contributed by atoms with van der Waals surface area (Å²) >= 11 is 0. The zero-order valence-corrected chi connectivity index (χ0v) is 17.5. The van der Waals surface area contributed by atoms with Crippen LogP contribution in [0, 0.1) is 0 Å². The van der Waals surface area contributed by atoms with Gasteiger partial charge in [0, 0.05) is 5.92 Å². The fourth-order valence-corrected chi connectivity index (χ4v) is 5.67. The molecule has 0 nitrogen and oxygen atoms in total. The highest BCUT2D eigenvalue weighted by Crippen LogP contribution is 2.42. The molecular formula is C30H26. The monoisotopic (exact) mass is 386 g/mol. The van der Waals surface area contributed by atoms with Crippen molar-refractivity contribution >= 4 is 27.1 Å². The fourth-order valence-electron chi connectivity index (χ4n) is 5.67. The summed E-state index contributed by atoms with van der Waals surface area (Å²) < 4.78 is 0. The number of aryl methyl sites for hydroxylation is 1. The number of benzene rings is 4. The molecule has 0 aliphatic heterocycles. The van der Waals surface area contributed by atoms with E-state index in [2.05, 4.69) is 91.9 Å². The normalized spacial score (nSPS) is 16.6. The largest absolute Gasteiger partial charge is 0.0836 e. The molecule has 0 bridgehead atoms. The summed E-state index contributed by atoms with van der Waals surface area (Å²) in [5, 5.41) is 5.55. The van der Waals surface area contributed by atoms with Gasteiger partial charge in [0.25, 0.3) is 0 Å². The van der Waals surface area contributed by atoms with Gasteiger partial charge in [0.05, 0.1) is 0 Å². The van der Waals surface area contributed by atoms with Crippen LogP contribution in [0.1, 0.15) is 54.4 Å². The Labute approximate surface area is 178 Å². The van der Waals surface area contributed by atoms with Gasteiger partial charge in [-0.25, -0.2) is 0 Å². The third kappa shape index (κ3) is 2.67. The Hall–Kier alpha value is -3.12. The third-order valence-corrected chi connectivity index (χ3v) is 7.21. The van der Waals surface area contributed by atoms with Gasteiger partial charge in [-0.05, 0) is 75.1 Å². The average Bonchev–Trinajstić information content (AvgIpc) is 2.82. The second-order valence-electron chi connectivity index (χ2n) is 8.78. The van der Waals surface area contributed by atoms with Crippen molar-refractivity contribution in [1.29, 1.82) is 0 Å². The van der Waals surface area contributed by atoms with Crippen molar-refractivity contribution in [3.05, 3.63) is 113 Å². The molecule has 146 valence electrons. The lowest BCUT2D eigenvalue weighted by Crippen LogP contribution is -2.08. The van der Waals surface area contributed by atoms with Gasteiger partial charge < -0.3 is 0 Å². The molecule has 4 aromatic carbocycles. The summed E-state index contributed by atoms with van der Waals surface area (Å²) in [7, 11) is 0. The van der Waals surface area contributed by atoms with Gasteiger partial charge in [-0.2, -0.15) is 0 Å². The van der Waals surface area contributed by atoms with E-state index in [1.54, 1.807) is 11.1 Å². The highest BCUT2D eigenvalue weighted by Gasteiger charge is 2.22. The van der Waals surface area contributed by atoms with Crippen LogP contribution < -0.4 is 0 Å².